The molecule has 0 aliphatic rings. The second-order valence-electron chi connectivity index (χ2n) is 5.78. The zero-order chi connectivity index (χ0) is 19.4. The van der Waals surface area contributed by atoms with Crippen molar-refractivity contribution < 1.29 is 14.3 Å². The number of benzene rings is 1. The van der Waals surface area contributed by atoms with Crippen molar-refractivity contribution in [1.29, 1.82) is 0 Å². The van der Waals surface area contributed by atoms with Gasteiger partial charge in [-0.25, -0.2) is 4.98 Å². The van der Waals surface area contributed by atoms with E-state index in [1.807, 2.05) is 6.07 Å². The van der Waals surface area contributed by atoms with E-state index in [9.17, 15) is 9.59 Å². The standard InChI is InChI=1S/C18H19N5O4/c1-11-9-16(24)21-18(19-11)23-15(8-12(2)22-23)20-17(25)10-27-14-7-5-4-6-13(14)26-3/h4-9H,10H2,1-3H3,(H,20,25)(H,19,21,24). The van der Waals surface area contributed by atoms with Crippen LogP contribution in [0, 0.1) is 13.8 Å². The van der Waals surface area contributed by atoms with Crippen LogP contribution in [0.1, 0.15) is 11.4 Å². The van der Waals surface area contributed by atoms with Gasteiger partial charge >= 0.3 is 0 Å². The van der Waals surface area contributed by atoms with Gasteiger partial charge in [0.05, 0.1) is 12.8 Å². The Morgan fingerprint density at radius 1 is 1.19 bits per heavy atom. The van der Waals surface area contributed by atoms with Gasteiger partial charge in [-0.3, -0.25) is 14.6 Å². The number of aromatic amines is 1. The Balaban J connectivity index is 1.76. The van der Waals surface area contributed by atoms with E-state index in [0.29, 0.717) is 28.7 Å². The minimum absolute atomic E-state index is 0.217. The van der Waals surface area contributed by atoms with E-state index < -0.39 is 5.91 Å². The molecule has 0 radical (unpaired) electrons. The van der Waals surface area contributed by atoms with Gasteiger partial charge in [-0.1, -0.05) is 12.1 Å². The monoisotopic (exact) mass is 369 g/mol. The molecule has 2 aromatic heterocycles. The molecule has 0 fully saturated rings. The van der Waals surface area contributed by atoms with E-state index in [-0.39, 0.29) is 18.1 Å². The molecule has 2 heterocycles. The zero-order valence-corrected chi connectivity index (χ0v) is 15.1. The van der Waals surface area contributed by atoms with Crippen LogP contribution >= 0.6 is 0 Å². The van der Waals surface area contributed by atoms with Crippen LogP contribution in [0.15, 0.2) is 41.2 Å². The minimum atomic E-state index is -0.392. The largest absolute Gasteiger partial charge is 0.493 e. The van der Waals surface area contributed by atoms with Crippen LogP contribution in [-0.4, -0.2) is 39.4 Å². The number of hydrogen-bond donors (Lipinski definition) is 2. The van der Waals surface area contributed by atoms with E-state index in [2.05, 4.69) is 20.4 Å². The van der Waals surface area contributed by atoms with Crippen LogP contribution in [0.25, 0.3) is 5.95 Å². The number of aromatic nitrogens is 4. The summed E-state index contributed by atoms with van der Waals surface area (Å²) in [4.78, 5) is 30.8. The van der Waals surface area contributed by atoms with Gasteiger partial charge in [0.2, 0.25) is 5.95 Å². The highest BCUT2D eigenvalue weighted by Gasteiger charge is 2.14. The van der Waals surface area contributed by atoms with E-state index in [1.54, 1.807) is 38.1 Å². The van der Waals surface area contributed by atoms with Crippen molar-refractivity contribution in [2.45, 2.75) is 13.8 Å². The topological polar surface area (TPSA) is 111 Å². The Labute approximate surface area is 155 Å². The van der Waals surface area contributed by atoms with Crippen LogP contribution in [0.5, 0.6) is 11.5 Å². The lowest BCUT2D eigenvalue weighted by molar-refractivity contribution is -0.118. The number of H-pyrrole nitrogens is 1. The van der Waals surface area contributed by atoms with Crippen LogP contribution < -0.4 is 20.3 Å². The van der Waals surface area contributed by atoms with Crippen LogP contribution in [0.3, 0.4) is 0 Å². The number of ether oxygens (including phenoxy) is 2. The average molecular weight is 369 g/mol. The summed E-state index contributed by atoms with van der Waals surface area (Å²) in [5.41, 5.74) is 0.890. The summed E-state index contributed by atoms with van der Waals surface area (Å²) in [7, 11) is 1.53. The van der Waals surface area contributed by atoms with Gasteiger partial charge in [0.1, 0.15) is 5.82 Å². The predicted octanol–water partition coefficient (Wildman–Crippen LogP) is 1.60. The van der Waals surface area contributed by atoms with E-state index in [0.717, 1.165) is 0 Å². The maximum Gasteiger partial charge on any atom is 0.263 e. The first-order valence-electron chi connectivity index (χ1n) is 8.17. The summed E-state index contributed by atoms with van der Waals surface area (Å²) in [6, 6.07) is 10.1. The Kier molecular flexibility index (Phi) is 5.20. The summed E-state index contributed by atoms with van der Waals surface area (Å²) < 4.78 is 12.1. The second kappa shape index (κ2) is 7.73. The van der Waals surface area contributed by atoms with Gasteiger partial charge < -0.3 is 14.8 Å². The summed E-state index contributed by atoms with van der Waals surface area (Å²) in [6.07, 6.45) is 0. The number of carbonyl (C=O) groups excluding carboxylic acids is 1. The normalized spacial score (nSPS) is 10.5. The molecule has 0 aliphatic carbocycles. The highest BCUT2D eigenvalue weighted by atomic mass is 16.5. The Morgan fingerprint density at radius 2 is 1.93 bits per heavy atom. The van der Waals surface area contributed by atoms with Crippen LogP contribution in [-0.2, 0) is 4.79 Å². The molecule has 27 heavy (non-hydrogen) atoms. The molecule has 0 bridgehead atoms. The fourth-order valence-electron chi connectivity index (χ4n) is 2.47. The first-order chi connectivity index (χ1) is 13.0. The van der Waals surface area contributed by atoms with Crippen molar-refractivity contribution in [2.75, 3.05) is 19.0 Å². The van der Waals surface area contributed by atoms with Gasteiger partial charge in [0.25, 0.3) is 11.5 Å². The van der Waals surface area contributed by atoms with Crippen LogP contribution in [0.2, 0.25) is 0 Å². The summed E-state index contributed by atoms with van der Waals surface area (Å²) in [5.74, 6) is 1.19. The molecule has 3 rings (SSSR count). The van der Waals surface area contributed by atoms with E-state index >= 15 is 0 Å². The van der Waals surface area contributed by atoms with E-state index in [1.165, 1.54) is 17.9 Å². The van der Waals surface area contributed by atoms with Crippen molar-refractivity contribution in [1.82, 2.24) is 19.7 Å². The van der Waals surface area contributed by atoms with Gasteiger partial charge in [-0.2, -0.15) is 9.78 Å². The Hall–Kier alpha value is -3.62. The molecule has 0 saturated heterocycles. The molecular weight excluding hydrogens is 350 g/mol. The molecule has 2 N–H and O–H groups in total. The number of aryl methyl sites for hydroxylation is 2. The quantitative estimate of drug-likeness (QED) is 0.683. The summed E-state index contributed by atoms with van der Waals surface area (Å²) >= 11 is 0. The second-order valence-corrected chi connectivity index (χ2v) is 5.78. The molecule has 0 unspecified atom stereocenters. The molecule has 0 atom stereocenters. The van der Waals surface area contributed by atoms with Crippen molar-refractivity contribution in [3.8, 4) is 17.4 Å². The predicted molar refractivity (Wildman–Crippen MR) is 98.6 cm³/mol. The number of hydrogen-bond acceptors (Lipinski definition) is 6. The SMILES string of the molecule is COc1ccccc1OCC(=O)Nc1cc(C)nn1-c1nc(C)cc(=O)[nH]1. The maximum absolute atomic E-state index is 12.3. The summed E-state index contributed by atoms with van der Waals surface area (Å²) in [6.45, 7) is 3.25. The van der Waals surface area contributed by atoms with Crippen molar-refractivity contribution in [2.24, 2.45) is 0 Å². The smallest absolute Gasteiger partial charge is 0.263 e. The average Bonchev–Trinajstić information content (AvgIpc) is 2.99. The van der Waals surface area contributed by atoms with Gasteiger partial charge in [-0.15, -0.1) is 0 Å². The number of para-hydroxylation sites is 2. The van der Waals surface area contributed by atoms with Crippen molar-refractivity contribution in [3.05, 3.63) is 58.1 Å². The summed E-state index contributed by atoms with van der Waals surface area (Å²) in [5, 5.41) is 6.98. The fourth-order valence-corrected chi connectivity index (χ4v) is 2.47. The molecular formula is C18H19N5O4. The van der Waals surface area contributed by atoms with Crippen LogP contribution in [0.4, 0.5) is 5.82 Å². The van der Waals surface area contributed by atoms with Gasteiger partial charge in [0, 0.05) is 17.8 Å². The lowest BCUT2D eigenvalue weighted by atomic mass is 10.3. The molecule has 1 amide bonds. The van der Waals surface area contributed by atoms with Gasteiger partial charge in [0.15, 0.2) is 18.1 Å². The third-order valence-electron chi connectivity index (χ3n) is 3.58. The zero-order valence-electron chi connectivity index (χ0n) is 15.1. The van der Waals surface area contributed by atoms with E-state index in [4.69, 9.17) is 9.47 Å². The molecule has 0 saturated carbocycles. The molecule has 0 aliphatic heterocycles. The lowest BCUT2D eigenvalue weighted by Gasteiger charge is -2.11. The molecule has 9 nitrogen and oxygen atoms in total. The number of nitrogens with zero attached hydrogens (tertiary/aromatic N) is 3. The third-order valence-corrected chi connectivity index (χ3v) is 3.58. The number of rotatable bonds is 6. The number of anilines is 1. The molecule has 0 spiro atoms. The van der Waals surface area contributed by atoms with Crippen molar-refractivity contribution >= 4 is 11.7 Å². The number of nitrogens with one attached hydrogen (secondary N) is 2. The lowest BCUT2D eigenvalue weighted by Crippen LogP contribution is -2.23. The molecule has 3 aromatic rings. The highest BCUT2D eigenvalue weighted by molar-refractivity contribution is 5.91. The third kappa shape index (κ3) is 4.32. The first kappa shape index (κ1) is 18.2. The number of carbonyl (C=O) groups is 1. The minimum Gasteiger partial charge on any atom is -0.493 e. The first-order valence-corrected chi connectivity index (χ1v) is 8.17. The number of methoxy groups -OCH3 is 1. The molecule has 9 heteroatoms. The highest BCUT2D eigenvalue weighted by Crippen LogP contribution is 2.25. The maximum atomic E-state index is 12.3. The number of amides is 1. The molecule has 1 aromatic carbocycles. The molecule has 140 valence electrons. The Morgan fingerprint density at radius 3 is 2.63 bits per heavy atom. The van der Waals surface area contributed by atoms with Crippen molar-refractivity contribution in [3.63, 3.8) is 0 Å². The Bertz CT molecular complexity index is 1020. The van der Waals surface area contributed by atoms with Gasteiger partial charge in [-0.05, 0) is 26.0 Å². The fraction of sp³-hybridized carbons (Fsp3) is 0.222.